The van der Waals surface area contributed by atoms with E-state index >= 15 is 0 Å². The Hall–Kier alpha value is -3.58. The first-order valence-corrected chi connectivity index (χ1v) is 8.80. The molecule has 0 aliphatic carbocycles. The van der Waals surface area contributed by atoms with Crippen LogP contribution in [0.4, 0.5) is 15.9 Å². The molecule has 1 amide bonds. The number of methoxy groups -OCH3 is 1. The fourth-order valence-corrected chi connectivity index (χ4v) is 2.77. The predicted octanol–water partition coefficient (Wildman–Crippen LogP) is 5.15. The summed E-state index contributed by atoms with van der Waals surface area (Å²) in [7, 11) is 1.44. The summed E-state index contributed by atoms with van der Waals surface area (Å²) in [5, 5.41) is 2.98. The number of pyridine rings is 1. The molecule has 148 valence electrons. The molecule has 3 N–H and O–H groups in total. The Morgan fingerprint density at radius 2 is 1.97 bits per heavy atom. The van der Waals surface area contributed by atoms with Crippen molar-refractivity contribution in [3.8, 4) is 17.2 Å². The molecule has 6 nitrogen and oxygen atoms in total. The molecule has 0 unspecified atom stereocenters. The van der Waals surface area contributed by atoms with Gasteiger partial charge in [0, 0.05) is 23.0 Å². The SMILES string of the molecule is C=Cc1c(Oc2ccc(NC(=O)c3cc(Cl)ccc3OC)cc2F)ccnc1N. The van der Waals surface area contributed by atoms with Gasteiger partial charge in [0.25, 0.3) is 5.91 Å². The Kier molecular flexibility index (Phi) is 5.99. The molecule has 0 spiro atoms. The molecular formula is C21H17ClFN3O3. The van der Waals surface area contributed by atoms with E-state index in [0.29, 0.717) is 22.1 Å². The molecule has 0 aliphatic heterocycles. The first-order valence-electron chi connectivity index (χ1n) is 8.42. The van der Waals surface area contributed by atoms with E-state index in [1.54, 1.807) is 18.2 Å². The van der Waals surface area contributed by atoms with Crippen molar-refractivity contribution < 1.29 is 18.7 Å². The van der Waals surface area contributed by atoms with E-state index in [2.05, 4.69) is 16.9 Å². The highest BCUT2D eigenvalue weighted by molar-refractivity contribution is 6.31. The van der Waals surface area contributed by atoms with Crippen molar-refractivity contribution in [2.24, 2.45) is 0 Å². The van der Waals surface area contributed by atoms with Crippen LogP contribution in [0.3, 0.4) is 0 Å². The highest BCUT2D eigenvalue weighted by atomic mass is 35.5. The number of anilines is 2. The van der Waals surface area contributed by atoms with E-state index in [0.717, 1.165) is 6.07 Å². The minimum absolute atomic E-state index is 0.0444. The first-order chi connectivity index (χ1) is 13.9. The highest BCUT2D eigenvalue weighted by Crippen LogP contribution is 2.32. The zero-order valence-corrected chi connectivity index (χ0v) is 16.2. The maximum atomic E-state index is 14.5. The Balaban J connectivity index is 1.82. The number of nitrogen functional groups attached to an aromatic ring is 1. The lowest BCUT2D eigenvalue weighted by Gasteiger charge is -2.13. The molecule has 2 aromatic carbocycles. The largest absolute Gasteiger partial charge is 0.496 e. The number of nitrogens with one attached hydrogen (secondary N) is 1. The molecule has 3 rings (SSSR count). The van der Waals surface area contributed by atoms with Gasteiger partial charge in [0.1, 0.15) is 17.3 Å². The summed E-state index contributed by atoms with van der Waals surface area (Å²) in [4.78, 5) is 16.5. The summed E-state index contributed by atoms with van der Waals surface area (Å²) >= 11 is 5.95. The summed E-state index contributed by atoms with van der Waals surface area (Å²) in [5.41, 5.74) is 6.69. The first kappa shape index (κ1) is 20.2. The number of hydrogen-bond donors (Lipinski definition) is 2. The van der Waals surface area contributed by atoms with Crippen LogP contribution in [0, 0.1) is 5.82 Å². The van der Waals surface area contributed by atoms with Gasteiger partial charge in [0.05, 0.1) is 18.2 Å². The van der Waals surface area contributed by atoms with Gasteiger partial charge in [-0.1, -0.05) is 24.3 Å². The van der Waals surface area contributed by atoms with Gasteiger partial charge in [-0.25, -0.2) is 9.37 Å². The highest BCUT2D eigenvalue weighted by Gasteiger charge is 2.15. The Labute approximate surface area is 171 Å². The van der Waals surface area contributed by atoms with E-state index in [1.165, 1.54) is 37.6 Å². The third-order valence-electron chi connectivity index (χ3n) is 4.00. The van der Waals surface area contributed by atoms with Crippen LogP contribution in [0.1, 0.15) is 15.9 Å². The molecule has 3 aromatic rings. The third-order valence-corrected chi connectivity index (χ3v) is 4.24. The average Bonchev–Trinajstić information content (AvgIpc) is 2.70. The fourth-order valence-electron chi connectivity index (χ4n) is 2.60. The van der Waals surface area contributed by atoms with Crippen LogP contribution in [-0.4, -0.2) is 18.0 Å². The molecule has 1 heterocycles. The van der Waals surface area contributed by atoms with Crippen LogP contribution in [0.2, 0.25) is 5.02 Å². The number of carbonyl (C=O) groups is 1. The zero-order valence-electron chi connectivity index (χ0n) is 15.4. The van der Waals surface area contributed by atoms with Gasteiger partial charge < -0.3 is 20.5 Å². The lowest BCUT2D eigenvalue weighted by molar-refractivity contribution is 0.102. The average molecular weight is 414 g/mol. The number of amides is 1. The maximum absolute atomic E-state index is 14.5. The number of ether oxygens (including phenoxy) is 2. The van der Waals surface area contributed by atoms with Crippen molar-refractivity contribution in [2.45, 2.75) is 0 Å². The molecule has 29 heavy (non-hydrogen) atoms. The summed E-state index contributed by atoms with van der Waals surface area (Å²) in [5.74, 6) is -0.333. The number of halogens is 2. The van der Waals surface area contributed by atoms with Gasteiger partial charge in [-0.15, -0.1) is 0 Å². The predicted molar refractivity (Wildman–Crippen MR) is 111 cm³/mol. The van der Waals surface area contributed by atoms with Crippen LogP contribution in [0.25, 0.3) is 6.08 Å². The zero-order chi connectivity index (χ0) is 21.0. The number of hydrogen-bond acceptors (Lipinski definition) is 5. The molecule has 0 bridgehead atoms. The van der Waals surface area contributed by atoms with Crippen molar-refractivity contribution in [3.05, 3.63) is 77.2 Å². The monoisotopic (exact) mass is 413 g/mol. The maximum Gasteiger partial charge on any atom is 0.259 e. The minimum atomic E-state index is -0.675. The third kappa shape index (κ3) is 4.47. The lowest BCUT2D eigenvalue weighted by Crippen LogP contribution is -2.13. The summed E-state index contributed by atoms with van der Waals surface area (Å²) < 4.78 is 25.3. The van der Waals surface area contributed by atoms with Gasteiger partial charge in [-0.05, 0) is 36.4 Å². The molecule has 0 fully saturated rings. The van der Waals surface area contributed by atoms with Crippen LogP contribution in [0.15, 0.2) is 55.2 Å². The molecule has 0 aliphatic rings. The summed E-state index contributed by atoms with van der Waals surface area (Å²) in [6, 6.07) is 10.2. The Morgan fingerprint density at radius 3 is 2.66 bits per heavy atom. The van der Waals surface area contributed by atoms with E-state index in [1.807, 2.05) is 0 Å². The Bertz CT molecular complexity index is 1090. The smallest absolute Gasteiger partial charge is 0.259 e. The number of benzene rings is 2. The number of rotatable bonds is 6. The molecule has 0 saturated carbocycles. The van der Waals surface area contributed by atoms with Crippen molar-refractivity contribution in [2.75, 3.05) is 18.2 Å². The fraction of sp³-hybridized carbons (Fsp3) is 0.0476. The molecule has 1 aromatic heterocycles. The van der Waals surface area contributed by atoms with Crippen LogP contribution >= 0.6 is 11.6 Å². The summed E-state index contributed by atoms with van der Waals surface area (Å²) in [6.07, 6.45) is 2.92. The summed E-state index contributed by atoms with van der Waals surface area (Å²) in [6.45, 7) is 3.65. The van der Waals surface area contributed by atoms with Crippen molar-refractivity contribution in [1.82, 2.24) is 4.98 Å². The molecule has 0 atom stereocenters. The molecular weight excluding hydrogens is 397 g/mol. The van der Waals surface area contributed by atoms with Gasteiger partial charge in [-0.2, -0.15) is 0 Å². The second-order valence-corrected chi connectivity index (χ2v) is 6.29. The van der Waals surface area contributed by atoms with Gasteiger partial charge in [-0.3, -0.25) is 4.79 Å². The van der Waals surface area contributed by atoms with Gasteiger partial charge >= 0.3 is 0 Å². The second-order valence-electron chi connectivity index (χ2n) is 5.86. The number of nitrogens with two attached hydrogens (primary N) is 1. The van der Waals surface area contributed by atoms with Gasteiger partial charge in [0.2, 0.25) is 0 Å². The number of carbonyl (C=O) groups excluding carboxylic acids is 1. The van der Waals surface area contributed by atoms with Gasteiger partial charge in [0.15, 0.2) is 11.6 Å². The second kappa shape index (κ2) is 8.62. The van der Waals surface area contributed by atoms with Crippen LogP contribution < -0.4 is 20.5 Å². The Morgan fingerprint density at radius 1 is 1.21 bits per heavy atom. The van der Waals surface area contributed by atoms with E-state index in [4.69, 9.17) is 26.8 Å². The standard InChI is InChI=1S/C21H17ClFN3O3/c1-3-14-18(8-9-25-20(14)24)29-19-7-5-13(11-16(19)23)26-21(27)15-10-12(22)4-6-17(15)28-2/h3-11H,1H2,2H3,(H2,24,25)(H,26,27). The van der Waals surface area contributed by atoms with Crippen LogP contribution in [-0.2, 0) is 0 Å². The number of aromatic nitrogens is 1. The molecule has 0 saturated heterocycles. The van der Waals surface area contributed by atoms with E-state index < -0.39 is 11.7 Å². The quantitative estimate of drug-likeness (QED) is 0.583. The van der Waals surface area contributed by atoms with E-state index in [9.17, 15) is 9.18 Å². The van der Waals surface area contributed by atoms with Crippen molar-refractivity contribution >= 4 is 35.1 Å². The number of nitrogens with zero attached hydrogens (tertiary/aromatic N) is 1. The topological polar surface area (TPSA) is 86.5 Å². The molecule has 0 radical (unpaired) electrons. The van der Waals surface area contributed by atoms with E-state index in [-0.39, 0.29) is 22.8 Å². The van der Waals surface area contributed by atoms with Crippen molar-refractivity contribution in [1.29, 1.82) is 0 Å². The normalized spacial score (nSPS) is 10.3. The van der Waals surface area contributed by atoms with Crippen molar-refractivity contribution in [3.63, 3.8) is 0 Å². The lowest BCUT2D eigenvalue weighted by atomic mass is 10.1. The molecule has 8 heteroatoms. The van der Waals surface area contributed by atoms with Crippen LogP contribution in [0.5, 0.6) is 17.2 Å². The minimum Gasteiger partial charge on any atom is -0.496 e.